The number of aliphatic hydroxyl groups excluding tert-OH is 3. The Kier molecular flexibility index (Phi) is 5.16. The van der Waals surface area contributed by atoms with E-state index in [0.29, 0.717) is 0 Å². The van der Waals surface area contributed by atoms with Crippen LogP contribution in [0.15, 0.2) is 11.3 Å². The van der Waals surface area contributed by atoms with E-state index in [1.165, 1.54) is 0 Å². The van der Waals surface area contributed by atoms with Crippen molar-refractivity contribution in [3.05, 3.63) is 11.3 Å². The van der Waals surface area contributed by atoms with Gasteiger partial charge in [-0.3, -0.25) is 0 Å². The number of hydrogen-bond acceptors (Lipinski definition) is 8. The fourth-order valence-corrected chi connectivity index (χ4v) is 2.30. The predicted octanol–water partition coefficient (Wildman–Crippen LogP) is -1.05. The highest BCUT2D eigenvalue weighted by Crippen LogP contribution is 2.36. The van der Waals surface area contributed by atoms with Crippen molar-refractivity contribution >= 4 is 10.1 Å². The zero-order valence-corrected chi connectivity index (χ0v) is 12.2. The van der Waals surface area contributed by atoms with Crippen molar-refractivity contribution in [1.82, 2.24) is 0 Å². The van der Waals surface area contributed by atoms with Gasteiger partial charge in [-0.2, -0.15) is 21.6 Å². The molecule has 0 bridgehead atoms. The van der Waals surface area contributed by atoms with Crippen LogP contribution < -0.4 is 0 Å². The molecule has 22 heavy (non-hydrogen) atoms. The zero-order chi connectivity index (χ0) is 17.5. The lowest BCUT2D eigenvalue weighted by molar-refractivity contribution is -0.311. The molecular weight excluding hydrogens is 337 g/mol. The molecule has 0 spiro atoms. The molecule has 0 radical (unpaired) electrons. The van der Waals surface area contributed by atoms with E-state index in [1.807, 2.05) is 0 Å². The first-order chi connectivity index (χ1) is 9.74. The van der Waals surface area contributed by atoms with Crippen molar-refractivity contribution in [1.29, 1.82) is 0 Å². The smallest absolute Gasteiger partial charge is 0.388 e. The molecule has 4 N–H and O–H groups in total. The van der Waals surface area contributed by atoms with Gasteiger partial charge in [0.25, 0.3) is 5.79 Å². The minimum Gasteiger partial charge on any atom is -0.388 e. The molecule has 1 aliphatic heterocycles. The Morgan fingerprint density at radius 2 is 1.77 bits per heavy atom. The number of halogens is 3. The largest absolute Gasteiger partial charge is 0.534 e. The van der Waals surface area contributed by atoms with Gasteiger partial charge in [-0.1, -0.05) is 0 Å². The van der Waals surface area contributed by atoms with Gasteiger partial charge in [-0.15, -0.1) is 0 Å². The Labute approximate surface area is 123 Å². The predicted molar refractivity (Wildman–Crippen MR) is 63.4 cm³/mol. The van der Waals surface area contributed by atoms with Gasteiger partial charge in [0.15, 0.2) is 5.76 Å². The Bertz CT molecular complexity index is 553. The second-order valence-corrected chi connectivity index (χ2v) is 6.36. The normalized spacial score (nSPS) is 33.4. The van der Waals surface area contributed by atoms with Crippen LogP contribution in [0.4, 0.5) is 13.2 Å². The van der Waals surface area contributed by atoms with E-state index in [4.69, 9.17) is 0 Å². The highest BCUT2D eigenvalue weighted by molar-refractivity contribution is 7.87. The third-order valence-electron chi connectivity index (χ3n) is 2.85. The third kappa shape index (κ3) is 3.36. The van der Waals surface area contributed by atoms with Gasteiger partial charge in [-0.25, -0.2) is 0 Å². The summed E-state index contributed by atoms with van der Waals surface area (Å²) in [5, 5.41) is 38.6. The first kappa shape index (κ1) is 19.1. The molecule has 0 amide bonds. The molecule has 130 valence electrons. The molecule has 12 heteroatoms. The summed E-state index contributed by atoms with van der Waals surface area (Å²) in [4.78, 5) is 0. The summed E-state index contributed by atoms with van der Waals surface area (Å²) in [6.45, 7) is 1.40. The van der Waals surface area contributed by atoms with E-state index in [0.717, 1.165) is 13.8 Å². The molecule has 0 aromatic rings. The van der Waals surface area contributed by atoms with E-state index in [1.54, 1.807) is 0 Å². The highest BCUT2D eigenvalue weighted by Gasteiger charge is 2.57. The van der Waals surface area contributed by atoms with E-state index in [9.17, 15) is 42.0 Å². The molecule has 1 fully saturated rings. The van der Waals surface area contributed by atoms with Crippen molar-refractivity contribution in [2.45, 2.75) is 43.5 Å². The summed E-state index contributed by atoms with van der Waals surface area (Å²) in [5.41, 5.74) is -6.04. The lowest BCUT2D eigenvalue weighted by Crippen LogP contribution is -2.62. The molecule has 0 saturated carbocycles. The number of hydrogen-bond donors (Lipinski definition) is 4. The second kappa shape index (κ2) is 5.94. The van der Waals surface area contributed by atoms with Crippen LogP contribution in [-0.4, -0.2) is 65.1 Å². The number of aliphatic hydroxyl groups is 4. The van der Waals surface area contributed by atoms with E-state index < -0.39 is 52.1 Å². The number of ether oxygens (including phenoxy) is 1. The summed E-state index contributed by atoms with van der Waals surface area (Å²) in [7, 11) is -6.14. The molecule has 8 nitrogen and oxygen atoms in total. The molecule has 1 rings (SSSR count). The van der Waals surface area contributed by atoms with Crippen LogP contribution >= 0.6 is 0 Å². The average Bonchev–Trinajstić information content (AvgIpc) is 2.37. The first-order valence-electron chi connectivity index (χ1n) is 5.83. The van der Waals surface area contributed by atoms with Crippen molar-refractivity contribution in [3.63, 3.8) is 0 Å². The number of rotatable bonds is 3. The molecule has 0 aliphatic carbocycles. The topological polar surface area (TPSA) is 134 Å². The fraction of sp³-hybridized carbons (Fsp3) is 0.800. The van der Waals surface area contributed by atoms with Crippen LogP contribution in [0, 0.1) is 0 Å². The molecule has 1 heterocycles. The maximum Gasteiger partial charge on any atom is 0.534 e. The summed E-state index contributed by atoms with van der Waals surface area (Å²) >= 11 is 0. The summed E-state index contributed by atoms with van der Waals surface area (Å²) in [6, 6.07) is 0. The van der Waals surface area contributed by atoms with Crippen molar-refractivity contribution in [3.8, 4) is 0 Å². The molecule has 4 atom stereocenters. The molecule has 0 unspecified atom stereocenters. The Hall–Kier alpha value is -0.920. The van der Waals surface area contributed by atoms with E-state index in [-0.39, 0.29) is 5.57 Å². The second-order valence-electron chi connectivity index (χ2n) is 4.82. The summed E-state index contributed by atoms with van der Waals surface area (Å²) in [6.07, 6.45) is -5.97. The lowest BCUT2D eigenvalue weighted by Gasteiger charge is -2.42. The monoisotopic (exact) mass is 352 g/mol. The van der Waals surface area contributed by atoms with Crippen molar-refractivity contribution in [2.24, 2.45) is 0 Å². The van der Waals surface area contributed by atoms with Crippen molar-refractivity contribution < 1.29 is 50.9 Å². The zero-order valence-electron chi connectivity index (χ0n) is 11.4. The lowest BCUT2D eigenvalue weighted by atomic mass is 9.94. The Morgan fingerprint density at radius 1 is 1.27 bits per heavy atom. The van der Waals surface area contributed by atoms with Gasteiger partial charge in [0.1, 0.15) is 18.3 Å². The Morgan fingerprint density at radius 3 is 2.18 bits per heavy atom. The SMILES string of the molecule is CC(C)=C(OS(=O)(=O)C(F)(F)F)[C@@]1(O)OC[C@@H](O)[C@@H](O)[C@@H]1O. The van der Waals surface area contributed by atoms with Crippen LogP contribution in [0.25, 0.3) is 0 Å². The third-order valence-corrected chi connectivity index (χ3v) is 3.80. The molecular formula is C10H15F3O8S. The van der Waals surface area contributed by atoms with Crippen LogP contribution in [0.1, 0.15) is 13.8 Å². The maximum absolute atomic E-state index is 12.4. The van der Waals surface area contributed by atoms with Crippen LogP contribution in [0.5, 0.6) is 0 Å². The minimum absolute atomic E-state index is 0.266. The van der Waals surface area contributed by atoms with Gasteiger partial charge in [0, 0.05) is 0 Å². The average molecular weight is 352 g/mol. The van der Waals surface area contributed by atoms with Crippen molar-refractivity contribution in [2.75, 3.05) is 6.61 Å². The minimum atomic E-state index is -6.14. The van der Waals surface area contributed by atoms with Gasteiger partial charge in [-0.05, 0) is 19.4 Å². The van der Waals surface area contributed by atoms with E-state index >= 15 is 0 Å². The van der Waals surface area contributed by atoms with E-state index in [2.05, 4.69) is 8.92 Å². The summed E-state index contributed by atoms with van der Waals surface area (Å²) < 4.78 is 67.7. The fourth-order valence-electron chi connectivity index (χ4n) is 1.70. The van der Waals surface area contributed by atoms with Crippen LogP contribution in [-0.2, 0) is 19.0 Å². The standard InChI is InChI=1S/C10H15F3O8S/c1-4(2)8(21-22(18,19)10(11,12)13)9(17)7(16)6(15)5(14)3-20-9/h5-7,14-17H,3H2,1-2H3/t5-,6-,7+,9+/m1/s1. The van der Waals surface area contributed by atoms with Crippen LogP contribution in [0.3, 0.4) is 0 Å². The Balaban J connectivity index is 3.27. The number of alkyl halides is 3. The quantitative estimate of drug-likeness (QED) is 0.287. The maximum atomic E-state index is 12.4. The van der Waals surface area contributed by atoms with Gasteiger partial charge < -0.3 is 29.3 Å². The number of allylic oxidation sites excluding steroid dienone is 1. The highest BCUT2D eigenvalue weighted by atomic mass is 32.2. The molecule has 0 aromatic heterocycles. The molecule has 0 aromatic carbocycles. The molecule has 1 aliphatic rings. The van der Waals surface area contributed by atoms with Gasteiger partial charge >= 0.3 is 15.6 Å². The van der Waals surface area contributed by atoms with Gasteiger partial charge in [0.05, 0.1) is 6.61 Å². The van der Waals surface area contributed by atoms with Crippen LogP contribution in [0.2, 0.25) is 0 Å². The summed E-state index contributed by atoms with van der Waals surface area (Å²) in [5.74, 6) is -4.32. The first-order valence-corrected chi connectivity index (χ1v) is 7.24. The molecule has 1 saturated heterocycles. The van der Waals surface area contributed by atoms with Gasteiger partial charge in [0.2, 0.25) is 0 Å².